The lowest BCUT2D eigenvalue weighted by Gasteiger charge is -2.17. The molecule has 0 spiro atoms. The average Bonchev–Trinajstić information content (AvgIpc) is 2.65. The Morgan fingerprint density at radius 2 is 1.84 bits per heavy atom. The van der Waals surface area contributed by atoms with Crippen molar-refractivity contribution in [1.82, 2.24) is 5.32 Å². The largest absolute Gasteiger partial charge is 0.492 e. The molecule has 2 heteroatoms. The first-order chi connectivity index (χ1) is 9.25. The smallest absolute Gasteiger partial charge is 0.122 e. The Labute approximate surface area is 117 Å². The van der Waals surface area contributed by atoms with E-state index in [4.69, 9.17) is 4.74 Å². The van der Waals surface area contributed by atoms with Gasteiger partial charge in [0.1, 0.15) is 12.4 Å². The zero-order valence-corrected chi connectivity index (χ0v) is 12.4. The van der Waals surface area contributed by atoms with Gasteiger partial charge in [-0.2, -0.15) is 0 Å². The van der Waals surface area contributed by atoms with Crippen molar-refractivity contribution < 1.29 is 4.74 Å². The Hall–Kier alpha value is -1.02. The third kappa shape index (κ3) is 4.87. The van der Waals surface area contributed by atoms with Crippen molar-refractivity contribution >= 4 is 0 Å². The molecule has 0 unspecified atom stereocenters. The van der Waals surface area contributed by atoms with Crippen molar-refractivity contribution in [3.05, 3.63) is 29.3 Å². The van der Waals surface area contributed by atoms with Gasteiger partial charge in [0.05, 0.1) is 0 Å². The first-order valence-corrected chi connectivity index (χ1v) is 7.69. The van der Waals surface area contributed by atoms with Crippen molar-refractivity contribution in [1.29, 1.82) is 0 Å². The summed E-state index contributed by atoms with van der Waals surface area (Å²) in [5.74, 6) is 1.02. The Balaban J connectivity index is 1.68. The van der Waals surface area contributed by atoms with E-state index in [9.17, 15) is 0 Å². The molecule has 2 rings (SSSR count). The van der Waals surface area contributed by atoms with Gasteiger partial charge in [0, 0.05) is 12.6 Å². The second kappa shape index (κ2) is 7.54. The van der Waals surface area contributed by atoms with E-state index in [0.717, 1.165) is 18.9 Å². The number of nitrogens with one attached hydrogen (secondary N) is 1. The van der Waals surface area contributed by atoms with Crippen molar-refractivity contribution in [2.45, 2.75) is 58.4 Å². The summed E-state index contributed by atoms with van der Waals surface area (Å²) in [5.41, 5.74) is 2.52. The van der Waals surface area contributed by atoms with Crippen LogP contribution >= 0.6 is 0 Å². The fraction of sp³-hybridized carbons (Fsp3) is 0.647. The molecule has 0 bridgehead atoms. The summed E-state index contributed by atoms with van der Waals surface area (Å²) in [4.78, 5) is 0. The molecule has 1 aliphatic carbocycles. The molecule has 1 aliphatic rings. The summed E-state index contributed by atoms with van der Waals surface area (Å²) in [6.45, 7) is 5.95. The summed E-state index contributed by atoms with van der Waals surface area (Å²) in [6, 6.07) is 7.08. The Morgan fingerprint density at radius 1 is 1.11 bits per heavy atom. The Kier molecular flexibility index (Phi) is 5.71. The fourth-order valence-electron chi connectivity index (χ4n) is 2.87. The molecule has 0 radical (unpaired) electrons. The lowest BCUT2D eigenvalue weighted by Crippen LogP contribution is -2.32. The van der Waals surface area contributed by atoms with Gasteiger partial charge in [-0.15, -0.1) is 0 Å². The van der Waals surface area contributed by atoms with Gasteiger partial charge < -0.3 is 10.1 Å². The SMILES string of the molecule is Cc1ccc(OCCNC2CCCCCC2)c(C)c1. The lowest BCUT2D eigenvalue weighted by atomic mass is 10.1. The van der Waals surface area contributed by atoms with E-state index in [2.05, 4.69) is 37.4 Å². The zero-order chi connectivity index (χ0) is 13.5. The summed E-state index contributed by atoms with van der Waals surface area (Å²) >= 11 is 0. The van der Waals surface area contributed by atoms with Gasteiger partial charge in [0.15, 0.2) is 0 Å². The average molecular weight is 261 g/mol. The Bertz CT molecular complexity index is 381. The van der Waals surface area contributed by atoms with Crippen LogP contribution in [0.3, 0.4) is 0 Å². The first kappa shape index (κ1) is 14.4. The highest BCUT2D eigenvalue weighted by Crippen LogP contribution is 2.19. The van der Waals surface area contributed by atoms with Crippen molar-refractivity contribution in [3.8, 4) is 5.75 Å². The van der Waals surface area contributed by atoms with Crippen molar-refractivity contribution in [2.75, 3.05) is 13.2 Å². The van der Waals surface area contributed by atoms with Gasteiger partial charge in [-0.25, -0.2) is 0 Å². The minimum atomic E-state index is 0.713. The second-order valence-electron chi connectivity index (χ2n) is 5.76. The molecule has 0 amide bonds. The maximum absolute atomic E-state index is 5.85. The maximum atomic E-state index is 5.85. The van der Waals surface area contributed by atoms with E-state index in [-0.39, 0.29) is 0 Å². The number of hydrogen-bond donors (Lipinski definition) is 1. The molecule has 1 aromatic carbocycles. The van der Waals surface area contributed by atoms with Crippen LogP contribution in [0.1, 0.15) is 49.7 Å². The minimum absolute atomic E-state index is 0.713. The molecule has 1 aromatic rings. The van der Waals surface area contributed by atoms with E-state index in [1.807, 2.05) is 0 Å². The van der Waals surface area contributed by atoms with Crippen LogP contribution in [0.15, 0.2) is 18.2 Å². The van der Waals surface area contributed by atoms with E-state index in [1.165, 1.54) is 49.7 Å². The highest BCUT2D eigenvalue weighted by molar-refractivity contribution is 5.35. The maximum Gasteiger partial charge on any atom is 0.122 e. The summed E-state index contributed by atoms with van der Waals surface area (Å²) in [6.07, 6.45) is 8.27. The molecule has 2 nitrogen and oxygen atoms in total. The van der Waals surface area contributed by atoms with Crippen molar-refractivity contribution in [2.24, 2.45) is 0 Å². The van der Waals surface area contributed by atoms with Crippen molar-refractivity contribution in [3.63, 3.8) is 0 Å². The van der Waals surface area contributed by atoms with E-state index >= 15 is 0 Å². The van der Waals surface area contributed by atoms with Crippen LogP contribution in [0.4, 0.5) is 0 Å². The second-order valence-corrected chi connectivity index (χ2v) is 5.76. The quantitative estimate of drug-likeness (QED) is 0.639. The van der Waals surface area contributed by atoms with Crippen LogP contribution in [0.2, 0.25) is 0 Å². The van der Waals surface area contributed by atoms with Crippen LogP contribution in [-0.4, -0.2) is 19.2 Å². The first-order valence-electron chi connectivity index (χ1n) is 7.69. The van der Waals surface area contributed by atoms with Gasteiger partial charge in [-0.05, 0) is 38.3 Å². The molecule has 0 aromatic heterocycles. The molecule has 19 heavy (non-hydrogen) atoms. The number of rotatable bonds is 5. The standard InChI is InChI=1S/C17H27NO/c1-14-9-10-17(15(2)13-14)19-12-11-18-16-7-5-3-4-6-8-16/h9-10,13,16,18H,3-8,11-12H2,1-2H3. The van der Waals surface area contributed by atoms with Crippen LogP contribution in [0.5, 0.6) is 5.75 Å². The van der Waals surface area contributed by atoms with E-state index in [0.29, 0.717) is 6.04 Å². The number of hydrogen-bond acceptors (Lipinski definition) is 2. The van der Waals surface area contributed by atoms with E-state index < -0.39 is 0 Å². The molecule has 1 saturated carbocycles. The molecule has 0 atom stereocenters. The normalized spacial score (nSPS) is 17.2. The monoisotopic (exact) mass is 261 g/mol. The van der Waals surface area contributed by atoms with Crippen LogP contribution in [0.25, 0.3) is 0 Å². The fourth-order valence-corrected chi connectivity index (χ4v) is 2.87. The minimum Gasteiger partial charge on any atom is -0.492 e. The summed E-state index contributed by atoms with van der Waals surface area (Å²) in [5, 5.41) is 3.64. The molecular weight excluding hydrogens is 234 g/mol. The molecule has 106 valence electrons. The van der Waals surface area contributed by atoms with E-state index in [1.54, 1.807) is 0 Å². The molecule has 0 heterocycles. The predicted molar refractivity (Wildman–Crippen MR) is 80.9 cm³/mol. The topological polar surface area (TPSA) is 21.3 Å². The van der Waals surface area contributed by atoms with Gasteiger partial charge >= 0.3 is 0 Å². The summed E-state index contributed by atoms with van der Waals surface area (Å²) in [7, 11) is 0. The molecule has 0 aliphatic heterocycles. The number of aryl methyl sites for hydroxylation is 2. The van der Waals surface area contributed by atoms with Crippen LogP contribution in [0, 0.1) is 13.8 Å². The highest BCUT2D eigenvalue weighted by atomic mass is 16.5. The summed E-state index contributed by atoms with van der Waals surface area (Å²) < 4.78 is 5.85. The molecular formula is C17H27NO. The third-order valence-electron chi connectivity index (χ3n) is 3.98. The molecule has 0 saturated heterocycles. The molecule has 1 N–H and O–H groups in total. The Morgan fingerprint density at radius 3 is 2.53 bits per heavy atom. The van der Waals surface area contributed by atoms with Gasteiger partial charge in [0.25, 0.3) is 0 Å². The lowest BCUT2D eigenvalue weighted by molar-refractivity contribution is 0.298. The predicted octanol–water partition coefficient (Wildman–Crippen LogP) is 3.99. The van der Waals surface area contributed by atoms with Gasteiger partial charge in [-0.1, -0.05) is 43.4 Å². The molecule has 1 fully saturated rings. The van der Waals surface area contributed by atoms with Crippen LogP contribution in [-0.2, 0) is 0 Å². The van der Waals surface area contributed by atoms with Crippen LogP contribution < -0.4 is 10.1 Å². The number of benzene rings is 1. The highest BCUT2D eigenvalue weighted by Gasteiger charge is 2.10. The zero-order valence-electron chi connectivity index (χ0n) is 12.4. The third-order valence-corrected chi connectivity index (χ3v) is 3.98. The van der Waals surface area contributed by atoms with Gasteiger partial charge in [0.2, 0.25) is 0 Å². The van der Waals surface area contributed by atoms with Gasteiger partial charge in [-0.3, -0.25) is 0 Å². The number of ether oxygens (including phenoxy) is 1.